The smallest absolute Gasteiger partial charge is 0.270 e. The number of amides is 1. The fourth-order valence-corrected chi connectivity index (χ4v) is 6.83. The number of fused-ring (bicyclic) bond motifs is 3. The van der Waals surface area contributed by atoms with Gasteiger partial charge in [-0.15, -0.1) is 0 Å². The third-order valence-corrected chi connectivity index (χ3v) is 8.63. The summed E-state index contributed by atoms with van der Waals surface area (Å²) in [5.41, 5.74) is 5.07. The molecular weight excluding hydrogens is 458 g/mol. The number of nitrogens with one attached hydrogen (secondary N) is 1. The number of carbonyl (C=O) groups is 1. The molecule has 0 saturated heterocycles. The number of hydrogen-bond acceptors (Lipinski definition) is 4. The average molecular weight is 488 g/mol. The highest BCUT2D eigenvalue weighted by molar-refractivity contribution is 6.33. The molecule has 1 N–H and O–H groups in total. The molecule has 2 saturated carbocycles. The van der Waals surface area contributed by atoms with Crippen LogP contribution in [0.1, 0.15) is 79.5 Å². The largest absolute Gasteiger partial charge is 0.348 e. The maximum Gasteiger partial charge on any atom is 0.270 e. The predicted octanol–water partition coefficient (Wildman–Crippen LogP) is 6.30. The van der Waals surface area contributed by atoms with Gasteiger partial charge in [0.2, 0.25) is 5.69 Å². The van der Waals surface area contributed by atoms with E-state index in [-0.39, 0.29) is 11.9 Å². The summed E-state index contributed by atoms with van der Waals surface area (Å²) < 4.78 is 0. The molecule has 0 bridgehead atoms. The Balaban J connectivity index is 1.33. The third kappa shape index (κ3) is 4.10. The molecule has 2 unspecified atom stereocenters. The number of nitrogens with zero attached hydrogens (tertiary/aromatic N) is 4. The van der Waals surface area contributed by atoms with Gasteiger partial charge in [0.25, 0.3) is 5.91 Å². The van der Waals surface area contributed by atoms with Crippen molar-refractivity contribution in [3.05, 3.63) is 63.7 Å². The van der Waals surface area contributed by atoms with Crippen LogP contribution in [0.5, 0.6) is 0 Å². The fraction of sp³-hybridized carbons (Fsp3) is 0.500. The zero-order chi connectivity index (χ0) is 23.9. The van der Waals surface area contributed by atoms with Gasteiger partial charge in [0.15, 0.2) is 0 Å². The second-order valence-corrected chi connectivity index (χ2v) is 10.8. The molecule has 1 aromatic carbocycles. The molecule has 1 aromatic heterocycles. The normalized spacial score (nSPS) is 24.1. The van der Waals surface area contributed by atoms with E-state index in [9.17, 15) is 4.79 Å². The van der Waals surface area contributed by atoms with E-state index in [1.807, 2.05) is 18.2 Å². The van der Waals surface area contributed by atoms with Crippen molar-refractivity contribution in [2.45, 2.75) is 76.3 Å². The van der Waals surface area contributed by atoms with Crippen molar-refractivity contribution in [3.8, 4) is 0 Å². The Morgan fingerprint density at radius 2 is 1.83 bits per heavy atom. The lowest BCUT2D eigenvalue weighted by Crippen LogP contribution is -2.41. The Morgan fingerprint density at radius 3 is 2.57 bits per heavy atom. The van der Waals surface area contributed by atoms with Gasteiger partial charge in [-0.2, -0.15) is 5.10 Å². The number of hydrogen-bond donors (Lipinski definition) is 1. The highest BCUT2D eigenvalue weighted by Crippen LogP contribution is 2.45. The molecule has 7 heteroatoms. The van der Waals surface area contributed by atoms with Gasteiger partial charge >= 0.3 is 0 Å². The Hall–Kier alpha value is -2.91. The van der Waals surface area contributed by atoms with E-state index in [1.54, 1.807) is 6.07 Å². The number of halogens is 1. The summed E-state index contributed by atoms with van der Waals surface area (Å²) in [7, 11) is 0. The summed E-state index contributed by atoms with van der Waals surface area (Å²) in [5.74, 6) is 0.867. The summed E-state index contributed by atoms with van der Waals surface area (Å²) in [5, 5.41) is 11.0. The number of anilines is 1. The van der Waals surface area contributed by atoms with Crippen LogP contribution < -0.4 is 10.3 Å². The number of rotatable bonds is 4. The van der Waals surface area contributed by atoms with Crippen molar-refractivity contribution in [2.24, 2.45) is 16.9 Å². The molecular formula is C28H30ClN5O. The third-order valence-electron chi connectivity index (χ3n) is 8.33. The Morgan fingerprint density at radius 1 is 1.06 bits per heavy atom. The SMILES string of the molecule is [C-]#[N+]c1ccc(N2N=C3c4ccc(C(=O)NC5CCCC5)nc4CCC3C2C2CCCC2)cc1Cl. The van der Waals surface area contributed by atoms with Gasteiger partial charge in [0.05, 0.1) is 29.7 Å². The number of aryl methyl sites for hydroxylation is 1. The highest BCUT2D eigenvalue weighted by atomic mass is 35.5. The van der Waals surface area contributed by atoms with Crippen LogP contribution in [0.2, 0.25) is 5.02 Å². The van der Waals surface area contributed by atoms with Crippen LogP contribution in [0.3, 0.4) is 0 Å². The van der Waals surface area contributed by atoms with E-state index >= 15 is 0 Å². The molecule has 0 spiro atoms. The summed E-state index contributed by atoms with van der Waals surface area (Å²) in [4.78, 5) is 21.1. The van der Waals surface area contributed by atoms with Crippen molar-refractivity contribution in [3.63, 3.8) is 0 Å². The molecule has 6 nitrogen and oxygen atoms in total. The molecule has 1 aliphatic heterocycles. The van der Waals surface area contributed by atoms with Gasteiger partial charge in [-0.05, 0) is 68.7 Å². The van der Waals surface area contributed by atoms with E-state index in [2.05, 4.69) is 21.2 Å². The second-order valence-electron chi connectivity index (χ2n) is 10.4. The minimum atomic E-state index is -0.0600. The van der Waals surface area contributed by atoms with E-state index < -0.39 is 0 Å². The van der Waals surface area contributed by atoms with Gasteiger partial charge in [-0.3, -0.25) is 9.80 Å². The minimum Gasteiger partial charge on any atom is -0.348 e. The van der Waals surface area contributed by atoms with Gasteiger partial charge in [0.1, 0.15) is 5.69 Å². The van der Waals surface area contributed by atoms with Crippen molar-refractivity contribution in [1.82, 2.24) is 10.3 Å². The Bertz CT molecular complexity index is 1220. The fourth-order valence-electron chi connectivity index (χ4n) is 6.61. The number of hydrazone groups is 1. The van der Waals surface area contributed by atoms with E-state index in [0.717, 1.165) is 48.3 Å². The van der Waals surface area contributed by atoms with Crippen LogP contribution in [0, 0.1) is 18.4 Å². The van der Waals surface area contributed by atoms with Gasteiger partial charge in [-0.1, -0.05) is 43.4 Å². The first-order valence-corrected chi connectivity index (χ1v) is 13.4. The zero-order valence-corrected chi connectivity index (χ0v) is 20.6. The molecule has 1 amide bonds. The van der Waals surface area contributed by atoms with Crippen LogP contribution in [0.25, 0.3) is 4.85 Å². The minimum absolute atomic E-state index is 0.0600. The Labute approximate surface area is 211 Å². The molecule has 35 heavy (non-hydrogen) atoms. The van der Waals surface area contributed by atoms with E-state index in [4.69, 9.17) is 28.3 Å². The van der Waals surface area contributed by atoms with Crippen LogP contribution in [-0.2, 0) is 6.42 Å². The van der Waals surface area contributed by atoms with Crippen molar-refractivity contribution in [1.29, 1.82) is 0 Å². The maximum atomic E-state index is 12.8. The van der Waals surface area contributed by atoms with Gasteiger partial charge in [0, 0.05) is 22.5 Å². The second kappa shape index (κ2) is 9.28. The lowest BCUT2D eigenvalue weighted by molar-refractivity contribution is 0.0932. The van der Waals surface area contributed by atoms with Crippen molar-refractivity contribution < 1.29 is 4.79 Å². The molecule has 2 fully saturated rings. The molecule has 2 heterocycles. The van der Waals surface area contributed by atoms with Gasteiger partial charge < -0.3 is 5.32 Å². The first kappa shape index (κ1) is 22.5. The lowest BCUT2D eigenvalue weighted by Gasteiger charge is -2.34. The Kier molecular flexibility index (Phi) is 5.98. The molecule has 3 aliphatic carbocycles. The van der Waals surface area contributed by atoms with E-state index in [0.29, 0.717) is 34.3 Å². The maximum absolute atomic E-state index is 12.8. The number of carbonyl (C=O) groups excluding carboxylic acids is 1. The van der Waals surface area contributed by atoms with Crippen molar-refractivity contribution in [2.75, 3.05) is 5.01 Å². The number of pyridine rings is 1. The van der Waals surface area contributed by atoms with E-state index in [1.165, 1.54) is 38.5 Å². The van der Waals surface area contributed by atoms with Crippen LogP contribution in [-0.4, -0.2) is 28.7 Å². The first-order chi connectivity index (χ1) is 17.1. The summed E-state index contributed by atoms with van der Waals surface area (Å²) >= 11 is 6.42. The van der Waals surface area contributed by atoms with Crippen molar-refractivity contribution >= 4 is 34.6 Å². The topological polar surface area (TPSA) is 62.0 Å². The molecule has 2 atom stereocenters. The summed E-state index contributed by atoms with van der Waals surface area (Å²) in [6.07, 6.45) is 11.3. The zero-order valence-electron chi connectivity index (χ0n) is 19.8. The quantitative estimate of drug-likeness (QED) is 0.514. The first-order valence-electron chi connectivity index (χ1n) is 13.0. The molecule has 4 aliphatic rings. The average Bonchev–Trinajstić information content (AvgIpc) is 3.64. The lowest BCUT2D eigenvalue weighted by atomic mass is 9.76. The van der Waals surface area contributed by atoms with Crippen LogP contribution >= 0.6 is 11.6 Å². The highest BCUT2D eigenvalue weighted by Gasteiger charge is 2.46. The monoisotopic (exact) mass is 487 g/mol. The summed E-state index contributed by atoms with van der Waals surface area (Å²) in [6.45, 7) is 7.33. The molecule has 2 aromatic rings. The van der Waals surface area contributed by atoms with Crippen LogP contribution in [0.15, 0.2) is 35.4 Å². The molecule has 6 rings (SSSR count). The molecule has 0 radical (unpaired) electrons. The van der Waals surface area contributed by atoms with Gasteiger partial charge in [-0.25, -0.2) is 9.83 Å². The number of benzene rings is 1. The van der Waals surface area contributed by atoms with Crippen LogP contribution in [0.4, 0.5) is 11.4 Å². The predicted molar refractivity (Wildman–Crippen MR) is 138 cm³/mol. The summed E-state index contributed by atoms with van der Waals surface area (Å²) in [6, 6.07) is 10.1. The molecule has 180 valence electrons. The number of aromatic nitrogens is 1. The standard InChI is InChI=1S/C28H30ClN5O/c1-30-24-13-10-19(16-22(24)29)34-27(17-6-2-3-7-17)21-12-14-23-20(26(21)33-34)11-15-25(32-23)28(35)31-18-8-4-5-9-18/h10-11,13,15-18,21,27H,2-9,12,14H2,(H,31,35).